The fourth-order valence-electron chi connectivity index (χ4n) is 2.31. The maximum absolute atomic E-state index is 5.99. The molecule has 0 saturated heterocycles. The number of nitrogens with zero attached hydrogens (tertiary/aromatic N) is 2. The molecule has 0 bridgehead atoms. The van der Waals surface area contributed by atoms with Gasteiger partial charge in [0.15, 0.2) is 5.67 Å². The van der Waals surface area contributed by atoms with Crippen molar-refractivity contribution in [3.8, 4) is 0 Å². The topological polar surface area (TPSA) is 36.5 Å². The zero-order chi connectivity index (χ0) is 14.3. The zero-order valence-corrected chi connectivity index (χ0v) is 15.7. The van der Waals surface area contributed by atoms with Crippen LogP contribution in [-0.2, 0) is 20.3 Å². The largest absolute Gasteiger partial charge is 1.00 e. The minimum Gasteiger partial charge on any atom is -1.00 e. The molecule has 0 aliphatic heterocycles. The fourth-order valence-corrected chi connectivity index (χ4v) is 5.37. The summed E-state index contributed by atoms with van der Waals surface area (Å²) >= 11 is 0. The van der Waals surface area contributed by atoms with Crippen molar-refractivity contribution in [2.75, 3.05) is 19.8 Å². The predicted molar refractivity (Wildman–Crippen MR) is 75.6 cm³/mol. The highest BCUT2D eigenvalue weighted by molar-refractivity contribution is 6.61. The van der Waals surface area contributed by atoms with E-state index in [-0.39, 0.29) is 22.6 Å². The van der Waals surface area contributed by atoms with Crippen LogP contribution in [0.2, 0.25) is 0 Å². The lowest BCUT2D eigenvalue weighted by atomic mass is 10.5. The monoisotopic (exact) mass is 366 g/mol. The van der Waals surface area contributed by atoms with Crippen molar-refractivity contribution >= 4 is 8.80 Å². The SMILES string of the molecule is CCO[Si](OCC)(OCC)C(CC)[n+]1ccn(C)c1.[Br-]. The van der Waals surface area contributed by atoms with E-state index in [1.165, 1.54) is 0 Å². The minimum absolute atomic E-state index is 0. The fraction of sp³-hybridized carbons (Fsp3) is 0.769. The molecule has 20 heavy (non-hydrogen) atoms. The van der Waals surface area contributed by atoms with E-state index in [1.807, 2.05) is 51.1 Å². The van der Waals surface area contributed by atoms with Gasteiger partial charge < -0.3 is 30.3 Å². The first kappa shape index (κ1) is 19.8. The average Bonchev–Trinajstić information content (AvgIpc) is 2.77. The molecule has 0 amide bonds. The molecule has 0 fully saturated rings. The molecular weight excluding hydrogens is 340 g/mol. The maximum atomic E-state index is 5.99. The summed E-state index contributed by atoms with van der Waals surface area (Å²) in [6.45, 7) is 9.93. The van der Waals surface area contributed by atoms with E-state index in [4.69, 9.17) is 13.3 Å². The molecule has 0 radical (unpaired) electrons. The standard InChI is InChI=1S/C13H27N2O3Si.BrH/c1-6-13(15-11-10-14(5)12-15)19(16-7-2,17-8-3)18-9-4;/h10-13H,6-9H2,1-5H3;1H/q+1;/p-1. The van der Waals surface area contributed by atoms with Gasteiger partial charge in [-0.3, -0.25) is 0 Å². The van der Waals surface area contributed by atoms with Gasteiger partial charge >= 0.3 is 8.80 Å². The molecule has 0 spiro atoms. The van der Waals surface area contributed by atoms with Crippen LogP contribution in [0.25, 0.3) is 0 Å². The van der Waals surface area contributed by atoms with Crippen LogP contribution in [0, 0.1) is 0 Å². The zero-order valence-electron chi connectivity index (χ0n) is 13.1. The van der Waals surface area contributed by atoms with Crippen molar-refractivity contribution in [1.82, 2.24) is 4.57 Å². The number of aromatic nitrogens is 2. The third-order valence-corrected chi connectivity index (χ3v) is 6.58. The van der Waals surface area contributed by atoms with Gasteiger partial charge in [-0.1, -0.05) is 6.92 Å². The van der Waals surface area contributed by atoms with E-state index in [0.29, 0.717) is 19.8 Å². The van der Waals surface area contributed by atoms with Crippen LogP contribution in [0.15, 0.2) is 18.7 Å². The third kappa shape index (κ3) is 4.66. The Balaban J connectivity index is 0.00000361. The molecule has 5 nitrogen and oxygen atoms in total. The molecule has 1 aromatic heterocycles. The smallest absolute Gasteiger partial charge is 0.548 e. The molecule has 118 valence electrons. The molecule has 0 N–H and O–H groups in total. The second-order valence-electron chi connectivity index (χ2n) is 4.35. The molecule has 1 rings (SSSR count). The van der Waals surface area contributed by atoms with E-state index in [9.17, 15) is 0 Å². The van der Waals surface area contributed by atoms with E-state index in [0.717, 1.165) is 6.42 Å². The van der Waals surface area contributed by atoms with Crippen molar-refractivity contribution in [3.63, 3.8) is 0 Å². The number of hydrogen-bond acceptors (Lipinski definition) is 3. The molecule has 0 aliphatic carbocycles. The Hall–Kier alpha value is -0.213. The van der Waals surface area contributed by atoms with Gasteiger partial charge in [0.1, 0.15) is 12.4 Å². The molecule has 0 aliphatic rings. The summed E-state index contributed by atoms with van der Waals surface area (Å²) < 4.78 is 22.1. The van der Waals surface area contributed by atoms with Crippen LogP contribution in [0.1, 0.15) is 39.8 Å². The van der Waals surface area contributed by atoms with Crippen molar-refractivity contribution in [3.05, 3.63) is 18.7 Å². The Morgan fingerprint density at radius 1 is 1.05 bits per heavy atom. The highest BCUT2D eigenvalue weighted by Gasteiger charge is 2.52. The lowest BCUT2D eigenvalue weighted by molar-refractivity contribution is -0.710. The molecule has 1 aromatic rings. The normalized spacial score (nSPS) is 13.1. The summed E-state index contributed by atoms with van der Waals surface area (Å²) in [6, 6.07) is 0. The molecule has 7 heteroatoms. The van der Waals surface area contributed by atoms with Gasteiger partial charge in [0.05, 0.1) is 7.05 Å². The van der Waals surface area contributed by atoms with Crippen LogP contribution in [0.4, 0.5) is 0 Å². The second kappa shape index (κ2) is 9.67. The van der Waals surface area contributed by atoms with Crippen LogP contribution in [0.3, 0.4) is 0 Å². The number of hydrogen-bond donors (Lipinski definition) is 0. The molecule has 0 aromatic carbocycles. The summed E-state index contributed by atoms with van der Waals surface area (Å²) in [5.41, 5.74) is 0.119. The van der Waals surface area contributed by atoms with Gasteiger partial charge in [-0.25, -0.2) is 9.13 Å². The lowest BCUT2D eigenvalue weighted by Gasteiger charge is -2.32. The van der Waals surface area contributed by atoms with Crippen LogP contribution >= 0.6 is 0 Å². The van der Waals surface area contributed by atoms with Crippen molar-refractivity contribution in [1.29, 1.82) is 0 Å². The molecule has 1 atom stereocenters. The highest BCUT2D eigenvalue weighted by atomic mass is 79.9. The Labute approximate surface area is 134 Å². The van der Waals surface area contributed by atoms with Crippen molar-refractivity contribution < 1.29 is 34.8 Å². The van der Waals surface area contributed by atoms with Gasteiger partial charge in [-0.2, -0.15) is 0 Å². The van der Waals surface area contributed by atoms with Gasteiger partial charge in [0.2, 0.25) is 6.33 Å². The molecule has 0 saturated carbocycles. The van der Waals surface area contributed by atoms with Gasteiger partial charge in [0, 0.05) is 19.8 Å². The van der Waals surface area contributed by atoms with Gasteiger partial charge in [-0.15, -0.1) is 0 Å². The summed E-state index contributed by atoms with van der Waals surface area (Å²) in [5, 5.41) is 0. The van der Waals surface area contributed by atoms with Crippen LogP contribution in [0.5, 0.6) is 0 Å². The first-order valence-corrected chi connectivity index (χ1v) is 8.88. The Bertz CT molecular complexity index is 359. The second-order valence-corrected chi connectivity index (χ2v) is 7.09. The third-order valence-electron chi connectivity index (χ3n) is 2.98. The van der Waals surface area contributed by atoms with Crippen molar-refractivity contribution in [2.45, 2.75) is 39.8 Å². The lowest BCUT2D eigenvalue weighted by Crippen LogP contribution is -3.00. The quantitative estimate of drug-likeness (QED) is 0.409. The highest BCUT2D eigenvalue weighted by Crippen LogP contribution is 2.24. The first-order valence-electron chi connectivity index (χ1n) is 7.08. The molecular formula is C13H27BrN2O3Si. The number of rotatable bonds is 9. The Morgan fingerprint density at radius 3 is 1.85 bits per heavy atom. The maximum Gasteiger partial charge on any atom is 0.548 e. The summed E-state index contributed by atoms with van der Waals surface area (Å²) in [4.78, 5) is 0. The number of halogens is 1. The minimum atomic E-state index is -2.70. The van der Waals surface area contributed by atoms with E-state index < -0.39 is 8.80 Å². The van der Waals surface area contributed by atoms with E-state index in [2.05, 4.69) is 11.5 Å². The van der Waals surface area contributed by atoms with E-state index in [1.54, 1.807) is 0 Å². The van der Waals surface area contributed by atoms with Crippen LogP contribution < -0.4 is 21.5 Å². The number of imidazole rings is 1. The molecule has 1 unspecified atom stereocenters. The van der Waals surface area contributed by atoms with Crippen LogP contribution in [-0.4, -0.2) is 33.2 Å². The van der Waals surface area contributed by atoms with E-state index >= 15 is 0 Å². The Kier molecular flexibility index (Phi) is 9.57. The number of aryl methyl sites for hydroxylation is 1. The van der Waals surface area contributed by atoms with Gasteiger partial charge in [-0.05, 0) is 27.2 Å². The van der Waals surface area contributed by atoms with Gasteiger partial charge in [0.25, 0.3) is 0 Å². The van der Waals surface area contributed by atoms with Crippen molar-refractivity contribution in [2.24, 2.45) is 7.05 Å². The summed E-state index contributed by atoms with van der Waals surface area (Å²) in [6.07, 6.45) is 7.03. The Morgan fingerprint density at radius 2 is 1.55 bits per heavy atom. The first-order chi connectivity index (χ1) is 9.13. The molecule has 1 heterocycles. The summed E-state index contributed by atoms with van der Waals surface area (Å²) in [5.74, 6) is 0. The average molecular weight is 367 g/mol. The summed E-state index contributed by atoms with van der Waals surface area (Å²) in [7, 11) is -0.694. The predicted octanol–water partition coefficient (Wildman–Crippen LogP) is -1.14.